The monoisotopic (exact) mass is 293 g/mol. The molecule has 2 rings (SSSR count). The molecule has 0 radical (unpaired) electrons. The van der Waals surface area contributed by atoms with E-state index in [2.05, 4.69) is 15.1 Å². The zero-order valence-electron chi connectivity index (χ0n) is 13.2. The molecule has 4 heteroatoms. The summed E-state index contributed by atoms with van der Waals surface area (Å²) < 4.78 is 13.8. The number of halogens is 1. The van der Waals surface area contributed by atoms with Crippen LogP contribution < -0.4 is 10.2 Å². The predicted octanol–water partition coefficient (Wildman–Crippen LogP) is 2.73. The van der Waals surface area contributed by atoms with E-state index in [0.717, 1.165) is 38.4 Å². The maximum Gasteiger partial charge on any atom is 0.146 e. The van der Waals surface area contributed by atoms with Gasteiger partial charge in [-0.05, 0) is 45.1 Å². The lowest BCUT2D eigenvalue weighted by Gasteiger charge is -2.36. The van der Waals surface area contributed by atoms with Gasteiger partial charge < -0.3 is 10.2 Å². The molecule has 0 aliphatic carbocycles. The van der Waals surface area contributed by atoms with Gasteiger partial charge >= 0.3 is 0 Å². The highest BCUT2D eigenvalue weighted by Gasteiger charge is 2.18. The zero-order valence-corrected chi connectivity index (χ0v) is 13.2. The van der Waals surface area contributed by atoms with Gasteiger partial charge in [0.15, 0.2) is 0 Å². The van der Waals surface area contributed by atoms with Gasteiger partial charge in [-0.1, -0.05) is 25.0 Å². The van der Waals surface area contributed by atoms with E-state index in [-0.39, 0.29) is 5.82 Å². The van der Waals surface area contributed by atoms with E-state index in [1.165, 1.54) is 32.2 Å². The minimum Gasteiger partial charge on any atom is -0.367 e. The second-order valence-corrected chi connectivity index (χ2v) is 5.80. The van der Waals surface area contributed by atoms with Crippen LogP contribution in [0.25, 0.3) is 0 Å². The summed E-state index contributed by atoms with van der Waals surface area (Å²) in [4.78, 5) is 4.67. The molecule has 1 saturated heterocycles. The van der Waals surface area contributed by atoms with Gasteiger partial charge in [0, 0.05) is 26.2 Å². The molecule has 1 heterocycles. The minimum atomic E-state index is -0.101. The quantitative estimate of drug-likeness (QED) is 0.744. The van der Waals surface area contributed by atoms with Crippen LogP contribution in [0.3, 0.4) is 0 Å². The molecule has 1 fully saturated rings. The van der Waals surface area contributed by atoms with Crippen molar-refractivity contribution in [1.29, 1.82) is 0 Å². The normalized spacial score (nSPS) is 16.4. The Morgan fingerprint density at radius 3 is 2.43 bits per heavy atom. The first-order chi connectivity index (χ1) is 10.3. The molecule has 0 atom stereocenters. The van der Waals surface area contributed by atoms with Crippen LogP contribution in [0, 0.1) is 5.82 Å². The predicted molar refractivity (Wildman–Crippen MR) is 87.4 cm³/mol. The number of rotatable bonds is 8. The van der Waals surface area contributed by atoms with Crippen molar-refractivity contribution >= 4 is 5.69 Å². The molecule has 0 saturated carbocycles. The van der Waals surface area contributed by atoms with Crippen LogP contribution in [0.1, 0.15) is 25.7 Å². The van der Waals surface area contributed by atoms with Crippen molar-refractivity contribution in [1.82, 2.24) is 10.2 Å². The molecule has 1 aliphatic heterocycles. The maximum atomic E-state index is 13.8. The second-order valence-electron chi connectivity index (χ2n) is 5.80. The van der Waals surface area contributed by atoms with E-state index in [1.807, 2.05) is 19.2 Å². The highest BCUT2D eigenvalue weighted by molar-refractivity contribution is 5.47. The Morgan fingerprint density at radius 1 is 1.00 bits per heavy atom. The van der Waals surface area contributed by atoms with E-state index in [0.29, 0.717) is 0 Å². The third kappa shape index (κ3) is 5.29. The molecule has 1 N–H and O–H groups in total. The number of hydrogen-bond acceptors (Lipinski definition) is 3. The summed E-state index contributed by atoms with van der Waals surface area (Å²) in [5.74, 6) is -0.101. The molecule has 118 valence electrons. The summed E-state index contributed by atoms with van der Waals surface area (Å²) in [5.41, 5.74) is 0.754. The molecule has 0 amide bonds. The number of piperazine rings is 1. The van der Waals surface area contributed by atoms with E-state index >= 15 is 0 Å². The Labute approximate surface area is 128 Å². The number of para-hydroxylation sites is 1. The summed E-state index contributed by atoms with van der Waals surface area (Å²) in [5, 5.41) is 3.19. The first-order valence-electron chi connectivity index (χ1n) is 8.17. The van der Waals surface area contributed by atoms with E-state index < -0.39 is 0 Å². The summed E-state index contributed by atoms with van der Waals surface area (Å²) in [6.45, 7) is 6.27. The molecule has 3 nitrogen and oxygen atoms in total. The molecule has 21 heavy (non-hydrogen) atoms. The fourth-order valence-corrected chi connectivity index (χ4v) is 2.91. The lowest BCUT2D eigenvalue weighted by molar-refractivity contribution is 0.251. The third-order valence-electron chi connectivity index (χ3n) is 4.22. The number of nitrogens with one attached hydrogen (secondary N) is 1. The Morgan fingerprint density at radius 2 is 1.71 bits per heavy atom. The van der Waals surface area contributed by atoms with Crippen LogP contribution in [0.4, 0.5) is 10.1 Å². The highest BCUT2D eigenvalue weighted by Crippen LogP contribution is 2.20. The molecule has 0 aromatic heterocycles. The minimum absolute atomic E-state index is 0.101. The summed E-state index contributed by atoms with van der Waals surface area (Å²) >= 11 is 0. The summed E-state index contributed by atoms with van der Waals surface area (Å²) in [6.07, 6.45) is 5.19. The SMILES string of the molecule is CNCCCCCCN1CCN(c2ccccc2F)CC1. The molecule has 1 aliphatic rings. The van der Waals surface area contributed by atoms with Crippen LogP contribution in [-0.2, 0) is 0 Å². The first-order valence-corrected chi connectivity index (χ1v) is 8.17. The maximum absolute atomic E-state index is 13.8. The molecule has 0 unspecified atom stereocenters. The molecule has 0 spiro atoms. The van der Waals surface area contributed by atoms with Crippen LogP contribution >= 0.6 is 0 Å². The van der Waals surface area contributed by atoms with Gasteiger partial charge in [0.05, 0.1) is 5.69 Å². The van der Waals surface area contributed by atoms with Crippen LogP contribution in [0.5, 0.6) is 0 Å². The van der Waals surface area contributed by atoms with Crippen molar-refractivity contribution in [3.63, 3.8) is 0 Å². The lowest BCUT2D eigenvalue weighted by Crippen LogP contribution is -2.46. The zero-order chi connectivity index (χ0) is 14.9. The van der Waals surface area contributed by atoms with Crippen LogP contribution in [-0.4, -0.2) is 51.2 Å². The smallest absolute Gasteiger partial charge is 0.146 e. The third-order valence-corrected chi connectivity index (χ3v) is 4.22. The van der Waals surface area contributed by atoms with E-state index in [1.54, 1.807) is 12.1 Å². The average molecular weight is 293 g/mol. The lowest BCUT2D eigenvalue weighted by atomic mass is 10.1. The molecule has 1 aromatic rings. The van der Waals surface area contributed by atoms with Gasteiger partial charge in [-0.25, -0.2) is 4.39 Å². The largest absolute Gasteiger partial charge is 0.367 e. The van der Waals surface area contributed by atoms with Gasteiger partial charge in [-0.3, -0.25) is 4.90 Å². The fourth-order valence-electron chi connectivity index (χ4n) is 2.91. The van der Waals surface area contributed by atoms with E-state index in [4.69, 9.17) is 0 Å². The van der Waals surface area contributed by atoms with Crippen molar-refractivity contribution in [2.45, 2.75) is 25.7 Å². The van der Waals surface area contributed by atoms with Crippen LogP contribution in [0.2, 0.25) is 0 Å². The number of benzene rings is 1. The van der Waals surface area contributed by atoms with Gasteiger partial charge in [-0.2, -0.15) is 0 Å². The van der Waals surface area contributed by atoms with Crippen molar-refractivity contribution in [3.05, 3.63) is 30.1 Å². The number of hydrogen-bond donors (Lipinski definition) is 1. The van der Waals surface area contributed by atoms with Crippen LogP contribution in [0.15, 0.2) is 24.3 Å². The van der Waals surface area contributed by atoms with Gasteiger partial charge in [0.1, 0.15) is 5.82 Å². The van der Waals surface area contributed by atoms with E-state index in [9.17, 15) is 4.39 Å². The number of anilines is 1. The standard InChI is InChI=1S/C17H28FN3/c1-19-10-6-2-3-7-11-20-12-14-21(15-13-20)17-9-5-4-8-16(17)18/h4-5,8-9,19H,2-3,6-7,10-15H2,1H3. The Hall–Kier alpha value is -1.13. The Bertz CT molecular complexity index is 403. The second kappa shape index (κ2) is 9.00. The van der Waals surface area contributed by atoms with Crippen molar-refractivity contribution < 1.29 is 4.39 Å². The molecule has 0 bridgehead atoms. The van der Waals surface area contributed by atoms with Crippen molar-refractivity contribution in [2.75, 3.05) is 51.2 Å². The number of nitrogens with zero attached hydrogens (tertiary/aromatic N) is 2. The number of unbranched alkanes of at least 4 members (excludes halogenated alkanes) is 3. The van der Waals surface area contributed by atoms with Gasteiger partial charge in [-0.15, -0.1) is 0 Å². The Balaban J connectivity index is 1.63. The molecular formula is C17H28FN3. The van der Waals surface area contributed by atoms with Gasteiger partial charge in [0.25, 0.3) is 0 Å². The topological polar surface area (TPSA) is 18.5 Å². The highest BCUT2D eigenvalue weighted by atomic mass is 19.1. The van der Waals surface area contributed by atoms with Gasteiger partial charge in [0.2, 0.25) is 0 Å². The van der Waals surface area contributed by atoms with Crippen molar-refractivity contribution in [2.24, 2.45) is 0 Å². The first kappa shape index (κ1) is 16.2. The fraction of sp³-hybridized carbons (Fsp3) is 0.647. The Kier molecular flexibility index (Phi) is 6.96. The molecular weight excluding hydrogens is 265 g/mol. The average Bonchev–Trinajstić information content (AvgIpc) is 2.52. The van der Waals surface area contributed by atoms with Crippen molar-refractivity contribution in [3.8, 4) is 0 Å². The summed E-state index contributed by atoms with van der Waals surface area (Å²) in [7, 11) is 2.01. The molecule has 1 aromatic carbocycles. The summed E-state index contributed by atoms with van der Waals surface area (Å²) in [6, 6.07) is 7.10.